The van der Waals surface area contributed by atoms with E-state index in [9.17, 15) is 4.79 Å². The summed E-state index contributed by atoms with van der Waals surface area (Å²) in [6.07, 6.45) is 4.66. The predicted molar refractivity (Wildman–Crippen MR) is 124 cm³/mol. The van der Waals surface area contributed by atoms with Crippen LogP contribution in [-0.4, -0.2) is 34.7 Å². The number of carbonyl (C=O) groups excluding carboxylic acids is 1. The number of hydrogen-bond acceptors (Lipinski definition) is 3. The van der Waals surface area contributed by atoms with Gasteiger partial charge in [-0.15, -0.1) is 0 Å². The molecular weight excluding hydrogens is 392 g/mol. The summed E-state index contributed by atoms with van der Waals surface area (Å²) >= 11 is 1.70. The molecule has 1 amide bonds. The number of rotatable bonds is 12. The van der Waals surface area contributed by atoms with Gasteiger partial charge in [-0.2, -0.15) is 0 Å². The van der Waals surface area contributed by atoms with Gasteiger partial charge in [-0.1, -0.05) is 72.4 Å². The topological polar surface area (TPSA) is 85.4 Å². The van der Waals surface area contributed by atoms with E-state index < -0.39 is 0 Å². The largest absolute Gasteiger partial charge is 0.358 e. The van der Waals surface area contributed by atoms with Gasteiger partial charge in [-0.3, -0.25) is 4.79 Å². The summed E-state index contributed by atoms with van der Waals surface area (Å²) in [5.74, 6) is 1.05. The molecule has 1 heterocycles. The van der Waals surface area contributed by atoms with Crippen molar-refractivity contribution in [2.45, 2.75) is 37.3 Å². The van der Waals surface area contributed by atoms with Gasteiger partial charge in [-0.25, -0.2) is 4.98 Å². The van der Waals surface area contributed by atoms with Crippen molar-refractivity contribution in [3.63, 3.8) is 0 Å². The third-order valence-corrected chi connectivity index (χ3v) is 5.79. The summed E-state index contributed by atoms with van der Waals surface area (Å²) in [7, 11) is 0. The molecule has 0 saturated heterocycles. The van der Waals surface area contributed by atoms with Crippen LogP contribution in [0.4, 0.5) is 0 Å². The molecular formula is C24H31N4OS+. The van der Waals surface area contributed by atoms with Crippen molar-refractivity contribution in [2.24, 2.45) is 0 Å². The third-order valence-electron chi connectivity index (χ3n) is 4.83. The number of nitrogens with zero attached hydrogens (tertiary/aromatic N) is 1. The van der Waals surface area contributed by atoms with E-state index in [1.807, 2.05) is 36.4 Å². The van der Waals surface area contributed by atoms with Crippen LogP contribution in [0.3, 0.4) is 0 Å². The number of hydrogen-bond donors (Lipinski definition) is 3. The SMILES string of the molecule is [NH3+]CCCCCC(=O)NCCCSc1nc(-c2ccccc2)c(-c2ccccc2)[nH]1. The van der Waals surface area contributed by atoms with E-state index in [-0.39, 0.29) is 5.91 Å². The molecule has 3 aromatic rings. The Bertz CT molecular complexity index is 839. The fourth-order valence-electron chi connectivity index (χ4n) is 3.23. The Morgan fingerprint density at radius 2 is 1.63 bits per heavy atom. The zero-order valence-corrected chi connectivity index (χ0v) is 18.2. The molecule has 3 rings (SSSR count). The molecule has 0 aliphatic rings. The van der Waals surface area contributed by atoms with E-state index in [1.165, 1.54) is 0 Å². The summed E-state index contributed by atoms with van der Waals surface area (Å²) in [6.45, 7) is 1.66. The monoisotopic (exact) mass is 423 g/mol. The highest BCUT2D eigenvalue weighted by Gasteiger charge is 2.14. The van der Waals surface area contributed by atoms with Gasteiger partial charge in [0.2, 0.25) is 5.91 Å². The Morgan fingerprint density at radius 1 is 0.933 bits per heavy atom. The first-order valence-corrected chi connectivity index (χ1v) is 11.7. The minimum absolute atomic E-state index is 0.153. The molecule has 0 bridgehead atoms. The van der Waals surface area contributed by atoms with Gasteiger partial charge < -0.3 is 16.0 Å². The highest BCUT2D eigenvalue weighted by Crippen LogP contribution is 2.32. The number of aromatic nitrogens is 2. The maximum absolute atomic E-state index is 11.8. The Hall–Kier alpha value is -2.57. The summed E-state index contributed by atoms with van der Waals surface area (Å²) in [5.41, 5.74) is 8.07. The first-order valence-electron chi connectivity index (χ1n) is 10.7. The lowest BCUT2D eigenvalue weighted by Crippen LogP contribution is -2.50. The third kappa shape index (κ3) is 6.75. The van der Waals surface area contributed by atoms with Crippen LogP contribution in [0.2, 0.25) is 0 Å². The van der Waals surface area contributed by atoms with E-state index in [0.717, 1.165) is 65.7 Å². The van der Waals surface area contributed by atoms with E-state index in [0.29, 0.717) is 13.0 Å². The van der Waals surface area contributed by atoms with Crippen molar-refractivity contribution < 1.29 is 10.5 Å². The molecule has 30 heavy (non-hydrogen) atoms. The number of imidazole rings is 1. The second kappa shape index (κ2) is 12.2. The normalized spacial score (nSPS) is 10.8. The molecule has 0 aliphatic carbocycles. The molecule has 6 heteroatoms. The quantitative estimate of drug-likeness (QED) is 0.302. The van der Waals surface area contributed by atoms with Crippen LogP contribution in [0.1, 0.15) is 32.1 Å². The second-order valence-electron chi connectivity index (χ2n) is 7.21. The van der Waals surface area contributed by atoms with E-state index in [1.54, 1.807) is 11.8 Å². The molecule has 0 aliphatic heterocycles. The van der Waals surface area contributed by atoms with Crippen LogP contribution >= 0.6 is 11.8 Å². The fraction of sp³-hybridized carbons (Fsp3) is 0.333. The van der Waals surface area contributed by atoms with E-state index in [4.69, 9.17) is 4.98 Å². The molecule has 5 nitrogen and oxygen atoms in total. The maximum atomic E-state index is 11.8. The minimum Gasteiger partial charge on any atom is -0.358 e. The van der Waals surface area contributed by atoms with Crippen molar-refractivity contribution in [3.05, 3.63) is 60.7 Å². The molecule has 0 saturated carbocycles. The molecule has 0 radical (unpaired) electrons. The van der Waals surface area contributed by atoms with Crippen LogP contribution in [-0.2, 0) is 4.79 Å². The lowest BCUT2D eigenvalue weighted by Gasteiger charge is -2.04. The number of benzene rings is 2. The van der Waals surface area contributed by atoms with Crippen LogP contribution in [0, 0.1) is 0 Å². The highest BCUT2D eigenvalue weighted by molar-refractivity contribution is 7.99. The van der Waals surface area contributed by atoms with E-state index >= 15 is 0 Å². The Morgan fingerprint density at radius 3 is 2.33 bits per heavy atom. The summed E-state index contributed by atoms with van der Waals surface area (Å²) < 4.78 is 0. The number of thioether (sulfide) groups is 1. The predicted octanol–water partition coefficient (Wildman–Crippen LogP) is 4.14. The van der Waals surface area contributed by atoms with Gasteiger partial charge in [-0.05, 0) is 25.7 Å². The van der Waals surface area contributed by atoms with Gasteiger partial charge in [0.15, 0.2) is 5.16 Å². The number of carbonyl (C=O) groups is 1. The van der Waals surface area contributed by atoms with Crippen molar-refractivity contribution in [3.8, 4) is 22.5 Å². The average Bonchev–Trinajstić information content (AvgIpc) is 3.22. The number of nitrogens with one attached hydrogen (secondary N) is 2. The number of quaternary nitrogens is 1. The van der Waals surface area contributed by atoms with Crippen molar-refractivity contribution >= 4 is 17.7 Å². The van der Waals surface area contributed by atoms with Gasteiger partial charge in [0.1, 0.15) is 0 Å². The van der Waals surface area contributed by atoms with Crippen molar-refractivity contribution in [2.75, 3.05) is 18.8 Å². The standard InChI is InChI=1S/C24H30N4OS/c25-16-9-3-8-15-21(29)26-17-10-18-30-24-27-22(19-11-4-1-5-12-19)23(28-24)20-13-6-2-7-14-20/h1-2,4-7,11-14H,3,8-10,15-18,25H2,(H,26,29)(H,27,28)/p+1. The minimum atomic E-state index is 0.153. The van der Waals surface area contributed by atoms with Gasteiger partial charge in [0.25, 0.3) is 0 Å². The zero-order valence-electron chi connectivity index (χ0n) is 17.4. The highest BCUT2D eigenvalue weighted by atomic mass is 32.2. The van der Waals surface area contributed by atoms with E-state index in [2.05, 4.69) is 40.3 Å². The lowest BCUT2D eigenvalue weighted by molar-refractivity contribution is -0.368. The van der Waals surface area contributed by atoms with Crippen LogP contribution in [0.15, 0.2) is 65.8 Å². The number of amides is 1. The Kier molecular flexibility index (Phi) is 9.00. The molecule has 0 unspecified atom stereocenters. The van der Waals surface area contributed by atoms with Crippen LogP contribution in [0.25, 0.3) is 22.5 Å². The Labute approximate surface area is 182 Å². The molecule has 2 aromatic carbocycles. The molecule has 1 aromatic heterocycles. The van der Waals surface area contributed by atoms with Crippen molar-refractivity contribution in [1.82, 2.24) is 15.3 Å². The van der Waals surface area contributed by atoms with Gasteiger partial charge in [0, 0.05) is 29.8 Å². The molecule has 158 valence electrons. The number of aromatic amines is 1. The Balaban J connectivity index is 1.53. The zero-order chi connectivity index (χ0) is 21.0. The fourth-order valence-corrected chi connectivity index (χ4v) is 4.05. The molecule has 0 fully saturated rings. The van der Waals surface area contributed by atoms with Crippen molar-refractivity contribution in [1.29, 1.82) is 0 Å². The van der Waals surface area contributed by atoms with Gasteiger partial charge >= 0.3 is 0 Å². The molecule has 0 spiro atoms. The summed E-state index contributed by atoms with van der Waals surface area (Å²) in [5, 5.41) is 3.93. The van der Waals surface area contributed by atoms with Gasteiger partial charge in [0.05, 0.1) is 17.9 Å². The lowest BCUT2D eigenvalue weighted by atomic mass is 10.1. The summed E-state index contributed by atoms with van der Waals surface area (Å²) in [4.78, 5) is 20.2. The average molecular weight is 424 g/mol. The first kappa shape index (κ1) is 22.1. The van der Waals surface area contributed by atoms with Crippen LogP contribution < -0.4 is 11.1 Å². The second-order valence-corrected chi connectivity index (χ2v) is 8.30. The summed E-state index contributed by atoms with van der Waals surface area (Å²) in [6, 6.07) is 20.6. The maximum Gasteiger partial charge on any atom is 0.219 e. The number of unbranched alkanes of at least 4 members (excludes halogenated alkanes) is 2. The first-order chi connectivity index (χ1) is 14.8. The van der Waals surface area contributed by atoms with Crippen LogP contribution in [0.5, 0.6) is 0 Å². The molecule has 5 N–H and O–H groups in total. The smallest absolute Gasteiger partial charge is 0.219 e. The number of H-pyrrole nitrogens is 1. The molecule has 0 atom stereocenters.